The Morgan fingerprint density at radius 2 is 1.95 bits per heavy atom. The molecule has 0 radical (unpaired) electrons. The van der Waals surface area contributed by atoms with Gasteiger partial charge in [-0.25, -0.2) is 17.5 Å². The van der Waals surface area contributed by atoms with Crippen LogP contribution >= 0.6 is 15.9 Å². The molecule has 0 spiro atoms. The molecule has 0 unspecified atom stereocenters. The molecule has 1 aromatic carbocycles. The molecule has 0 aliphatic carbocycles. The van der Waals surface area contributed by atoms with Gasteiger partial charge in [0.05, 0.1) is 0 Å². The molecule has 7 heteroatoms. The van der Waals surface area contributed by atoms with Crippen molar-refractivity contribution >= 4 is 26.0 Å². The first kappa shape index (κ1) is 18.5. The Kier molecular flexibility index (Phi) is 6.34. The molecule has 0 saturated heterocycles. The Hall–Kier alpha value is -0.500. The number of hydrogen-bond acceptors (Lipinski definition) is 3. The highest BCUT2D eigenvalue weighted by atomic mass is 79.9. The summed E-state index contributed by atoms with van der Waals surface area (Å²) in [6.07, 6.45) is 1.51. The predicted octanol–water partition coefficient (Wildman–Crippen LogP) is 3.16. The topological polar surface area (TPSA) is 58.2 Å². The van der Waals surface area contributed by atoms with Crippen LogP contribution in [0.1, 0.15) is 39.2 Å². The molecule has 0 atom stereocenters. The van der Waals surface area contributed by atoms with Gasteiger partial charge in [0.1, 0.15) is 10.7 Å². The molecule has 21 heavy (non-hydrogen) atoms. The van der Waals surface area contributed by atoms with Gasteiger partial charge in [0.25, 0.3) is 0 Å². The van der Waals surface area contributed by atoms with Gasteiger partial charge in [0.2, 0.25) is 10.0 Å². The summed E-state index contributed by atoms with van der Waals surface area (Å²) in [7, 11) is -2.24. The van der Waals surface area contributed by atoms with Gasteiger partial charge in [-0.1, -0.05) is 29.3 Å². The zero-order chi connectivity index (χ0) is 16.3. The summed E-state index contributed by atoms with van der Waals surface area (Å²) >= 11 is 3.23. The Labute approximate surface area is 134 Å². The fraction of sp³-hybridized carbons (Fsp3) is 0.571. The van der Waals surface area contributed by atoms with Crippen molar-refractivity contribution in [1.82, 2.24) is 10.0 Å². The summed E-state index contributed by atoms with van der Waals surface area (Å²) in [5, 5.41) is 2.82. The summed E-state index contributed by atoms with van der Waals surface area (Å²) in [5.74, 6) is -0.715. The van der Waals surface area contributed by atoms with Crippen molar-refractivity contribution in [2.75, 3.05) is 7.05 Å². The molecule has 0 aliphatic heterocycles. The van der Waals surface area contributed by atoms with E-state index in [0.717, 1.165) is 6.42 Å². The zero-order valence-corrected chi connectivity index (χ0v) is 15.2. The van der Waals surface area contributed by atoms with E-state index in [-0.39, 0.29) is 11.4 Å². The van der Waals surface area contributed by atoms with Gasteiger partial charge < -0.3 is 5.32 Å². The molecule has 0 aliphatic rings. The number of benzene rings is 1. The zero-order valence-electron chi connectivity index (χ0n) is 12.8. The third-order valence-corrected chi connectivity index (χ3v) is 5.18. The third kappa shape index (κ3) is 5.02. The molecule has 1 rings (SSSR count). The maximum Gasteiger partial charge on any atom is 0.244 e. The Morgan fingerprint density at radius 1 is 1.33 bits per heavy atom. The van der Waals surface area contributed by atoms with Gasteiger partial charge in [-0.15, -0.1) is 0 Å². The van der Waals surface area contributed by atoms with Crippen LogP contribution < -0.4 is 10.0 Å². The standard InChI is InChI=1S/C14H22BrFN2O2S/c1-5-6-14(2,3)18-21(19,20)12-8-11(15)7-10(9-17-4)13(12)16/h7-8,17-18H,5-6,9H2,1-4H3. The lowest BCUT2D eigenvalue weighted by Crippen LogP contribution is -2.43. The second-order valence-corrected chi connectivity index (χ2v) is 8.21. The average Bonchev–Trinajstić information content (AvgIpc) is 2.31. The second kappa shape index (κ2) is 7.17. The van der Waals surface area contributed by atoms with Crippen molar-refractivity contribution in [1.29, 1.82) is 0 Å². The van der Waals surface area contributed by atoms with Crippen LogP contribution in [0.2, 0.25) is 0 Å². The molecule has 2 N–H and O–H groups in total. The molecule has 0 fully saturated rings. The van der Waals surface area contributed by atoms with Crippen molar-refractivity contribution in [2.24, 2.45) is 0 Å². The Balaban J connectivity index is 3.25. The van der Waals surface area contributed by atoms with Gasteiger partial charge in [-0.05, 0) is 39.4 Å². The van der Waals surface area contributed by atoms with Crippen LogP contribution in [0.5, 0.6) is 0 Å². The van der Waals surface area contributed by atoms with Gasteiger partial charge in [0.15, 0.2) is 0 Å². The van der Waals surface area contributed by atoms with Gasteiger partial charge >= 0.3 is 0 Å². The summed E-state index contributed by atoms with van der Waals surface area (Å²) in [5.41, 5.74) is -0.313. The van der Waals surface area contributed by atoms with E-state index in [2.05, 4.69) is 26.0 Å². The summed E-state index contributed by atoms with van der Waals surface area (Å²) in [4.78, 5) is -0.327. The normalized spacial score (nSPS) is 12.7. The van der Waals surface area contributed by atoms with Crippen molar-refractivity contribution < 1.29 is 12.8 Å². The molecule has 0 aromatic heterocycles. The molecule has 4 nitrogen and oxygen atoms in total. The largest absolute Gasteiger partial charge is 0.316 e. The fourth-order valence-electron chi connectivity index (χ4n) is 2.23. The lowest BCUT2D eigenvalue weighted by atomic mass is 10.0. The summed E-state index contributed by atoms with van der Waals surface area (Å²) < 4.78 is 42.4. The third-order valence-electron chi connectivity index (χ3n) is 3.02. The minimum absolute atomic E-state index is 0.256. The first-order valence-corrected chi connectivity index (χ1v) is 9.07. The van der Waals surface area contributed by atoms with Crippen LogP contribution in [-0.2, 0) is 16.6 Å². The minimum Gasteiger partial charge on any atom is -0.316 e. The SMILES string of the molecule is CCCC(C)(C)NS(=O)(=O)c1cc(Br)cc(CNC)c1F. The molecule has 1 aromatic rings. The lowest BCUT2D eigenvalue weighted by Gasteiger charge is -2.25. The smallest absolute Gasteiger partial charge is 0.244 e. The predicted molar refractivity (Wildman–Crippen MR) is 86.2 cm³/mol. The van der Waals surface area contributed by atoms with Gasteiger partial charge in [-0.3, -0.25) is 0 Å². The van der Waals surface area contributed by atoms with Crippen LogP contribution in [0.15, 0.2) is 21.5 Å². The van der Waals surface area contributed by atoms with Gasteiger partial charge in [0, 0.05) is 22.1 Å². The fourth-order valence-corrected chi connectivity index (χ4v) is 4.47. The van der Waals surface area contributed by atoms with Crippen LogP contribution in [0.3, 0.4) is 0 Å². The second-order valence-electron chi connectivity index (χ2n) is 5.65. The molecule has 120 valence electrons. The summed E-state index contributed by atoms with van der Waals surface area (Å²) in [6, 6.07) is 2.86. The van der Waals surface area contributed by atoms with Gasteiger partial charge in [-0.2, -0.15) is 0 Å². The van der Waals surface area contributed by atoms with Crippen molar-refractivity contribution in [3.8, 4) is 0 Å². The first-order chi connectivity index (χ1) is 9.63. The Bertz CT molecular complexity index is 603. The van der Waals surface area contributed by atoms with E-state index >= 15 is 0 Å². The quantitative estimate of drug-likeness (QED) is 0.763. The lowest BCUT2D eigenvalue weighted by molar-refractivity contribution is 0.416. The Morgan fingerprint density at radius 3 is 2.48 bits per heavy atom. The average molecular weight is 381 g/mol. The maximum absolute atomic E-state index is 14.4. The van der Waals surface area contributed by atoms with Crippen LogP contribution in [-0.4, -0.2) is 21.0 Å². The molecular weight excluding hydrogens is 359 g/mol. The van der Waals surface area contributed by atoms with E-state index in [0.29, 0.717) is 16.5 Å². The van der Waals surface area contributed by atoms with E-state index < -0.39 is 21.4 Å². The van der Waals surface area contributed by atoms with E-state index in [9.17, 15) is 12.8 Å². The van der Waals surface area contributed by atoms with Crippen molar-refractivity contribution in [3.63, 3.8) is 0 Å². The molecular formula is C14H22BrFN2O2S. The van der Waals surface area contributed by atoms with E-state index in [1.54, 1.807) is 27.0 Å². The van der Waals surface area contributed by atoms with Crippen LogP contribution in [0.4, 0.5) is 4.39 Å². The number of halogens is 2. The van der Waals surface area contributed by atoms with Crippen molar-refractivity contribution in [3.05, 3.63) is 28.0 Å². The summed E-state index contributed by atoms with van der Waals surface area (Å²) in [6.45, 7) is 5.81. The van der Waals surface area contributed by atoms with E-state index in [1.165, 1.54) is 6.07 Å². The van der Waals surface area contributed by atoms with Crippen LogP contribution in [0.25, 0.3) is 0 Å². The van der Waals surface area contributed by atoms with Crippen LogP contribution in [0, 0.1) is 5.82 Å². The van der Waals surface area contributed by atoms with E-state index in [1.807, 2.05) is 6.92 Å². The highest BCUT2D eigenvalue weighted by Crippen LogP contribution is 2.25. The molecule has 0 amide bonds. The molecule has 0 bridgehead atoms. The number of sulfonamides is 1. The molecule has 0 saturated carbocycles. The highest BCUT2D eigenvalue weighted by Gasteiger charge is 2.28. The first-order valence-electron chi connectivity index (χ1n) is 6.79. The minimum atomic E-state index is -3.92. The highest BCUT2D eigenvalue weighted by molar-refractivity contribution is 9.10. The number of hydrogen-bond donors (Lipinski definition) is 2. The number of rotatable bonds is 7. The number of nitrogens with one attached hydrogen (secondary N) is 2. The monoisotopic (exact) mass is 380 g/mol. The van der Waals surface area contributed by atoms with E-state index in [4.69, 9.17) is 0 Å². The van der Waals surface area contributed by atoms with Crippen molar-refractivity contribution in [2.45, 2.75) is 50.6 Å². The molecule has 0 heterocycles. The maximum atomic E-state index is 14.4.